The first kappa shape index (κ1) is 11.9. The van der Waals surface area contributed by atoms with Gasteiger partial charge in [-0.1, -0.05) is 20.8 Å². The highest BCUT2D eigenvalue weighted by Crippen LogP contribution is 2.02. The quantitative estimate of drug-likeness (QED) is 0.671. The molecule has 1 aliphatic rings. The summed E-state index contributed by atoms with van der Waals surface area (Å²) in [4.78, 5) is 2.28. The van der Waals surface area contributed by atoms with Crippen molar-refractivity contribution < 1.29 is 9.84 Å². The van der Waals surface area contributed by atoms with E-state index in [4.69, 9.17) is 9.84 Å². The third-order valence-electron chi connectivity index (χ3n) is 1.87. The van der Waals surface area contributed by atoms with Gasteiger partial charge in [-0.3, -0.25) is 4.90 Å². The predicted molar refractivity (Wildman–Crippen MR) is 50.3 cm³/mol. The number of hydrogen-bond acceptors (Lipinski definition) is 3. The molecule has 0 radical (unpaired) electrons. The van der Waals surface area contributed by atoms with Gasteiger partial charge in [0.25, 0.3) is 0 Å². The smallest absolute Gasteiger partial charge is 0.0932 e. The summed E-state index contributed by atoms with van der Waals surface area (Å²) in [5.74, 6) is 0. The number of rotatable bonds is 2. The zero-order valence-electron chi connectivity index (χ0n) is 8.42. The molecule has 0 spiro atoms. The van der Waals surface area contributed by atoms with Crippen LogP contribution in [0.4, 0.5) is 0 Å². The van der Waals surface area contributed by atoms with E-state index in [2.05, 4.69) is 11.8 Å². The van der Waals surface area contributed by atoms with E-state index < -0.39 is 0 Å². The van der Waals surface area contributed by atoms with Gasteiger partial charge in [0.1, 0.15) is 0 Å². The fourth-order valence-corrected chi connectivity index (χ4v) is 1.18. The average Bonchev–Trinajstić information content (AvgIpc) is 2.21. The average molecular weight is 175 g/mol. The number of aliphatic hydroxyl groups excluding tert-OH is 1. The van der Waals surface area contributed by atoms with E-state index in [1.165, 1.54) is 0 Å². The lowest BCUT2D eigenvalue weighted by Gasteiger charge is -2.30. The molecule has 1 rings (SSSR count). The maximum atomic E-state index is 8.75. The Morgan fingerprint density at radius 1 is 1.50 bits per heavy atom. The lowest BCUT2D eigenvalue weighted by atomic mass is 10.3. The fraction of sp³-hybridized carbons (Fsp3) is 1.00. The van der Waals surface area contributed by atoms with Crippen LogP contribution in [-0.4, -0.2) is 49.0 Å². The minimum Gasteiger partial charge on any atom is -0.394 e. The van der Waals surface area contributed by atoms with Crippen LogP contribution >= 0.6 is 0 Å². The fourth-order valence-electron chi connectivity index (χ4n) is 1.18. The predicted octanol–water partition coefficient (Wildman–Crippen LogP) is 0.726. The Kier molecular flexibility index (Phi) is 7.45. The number of hydrogen-bond donors (Lipinski definition) is 1. The molecule has 0 aromatic heterocycles. The normalized spacial score (nSPS) is 24.5. The van der Waals surface area contributed by atoms with Crippen LogP contribution in [0.2, 0.25) is 0 Å². The largest absolute Gasteiger partial charge is 0.394 e. The van der Waals surface area contributed by atoms with E-state index in [1.54, 1.807) is 0 Å². The summed E-state index contributed by atoms with van der Waals surface area (Å²) in [7, 11) is 0. The van der Waals surface area contributed by atoms with E-state index in [-0.39, 0.29) is 12.7 Å². The second-order valence-electron chi connectivity index (χ2n) is 2.57. The van der Waals surface area contributed by atoms with Gasteiger partial charge in [-0.15, -0.1) is 0 Å². The van der Waals surface area contributed by atoms with Crippen LogP contribution in [0, 0.1) is 0 Å². The SMILES string of the molecule is CC.CCN1CCOC(CO)C1. The van der Waals surface area contributed by atoms with Crippen LogP contribution in [0.15, 0.2) is 0 Å². The van der Waals surface area contributed by atoms with Crippen LogP contribution in [0.5, 0.6) is 0 Å². The summed E-state index contributed by atoms with van der Waals surface area (Å²) >= 11 is 0. The molecule has 0 aromatic rings. The Balaban J connectivity index is 0.000000561. The molecule has 74 valence electrons. The maximum Gasteiger partial charge on any atom is 0.0932 e. The minimum absolute atomic E-state index is 0.0497. The molecular formula is C9H21NO2. The van der Waals surface area contributed by atoms with Crippen LogP contribution < -0.4 is 0 Å². The molecule has 0 amide bonds. The van der Waals surface area contributed by atoms with Gasteiger partial charge in [0, 0.05) is 13.1 Å². The van der Waals surface area contributed by atoms with Crippen molar-refractivity contribution in [3.8, 4) is 0 Å². The molecular weight excluding hydrogens is 154 g/mol. The van der Waals surface area contributed by atoms with Crippen LogP contribution in [-0.2, 0) is 4.74 Å². The molecule has 1 N–H and O–H groups in total. The number of aliphatic hydroxyl groups is 1. The lowest BCUT2D eigenvalue weighted by molar-refractivity contribution is -0.0512. The number of nitrogens with zero attached hydrogens (tertiary/aromatic N) is 1. The standard InChI is InChI=1S/C7H15NO2.C2H6/c1-2-8-3-4-10-7(5-8)6-9;1-2/h7,9H,2-6H2,1H3;1-2H3. The van der Waals surface area contributed by atoms with Crippen molar-refractivity contribution in [1.29, 1.82) is 0 Å². The minimum atomic E-state index is 0.0497. The summed E-state index contributed by atoms with van der Waals surface area (Å²) in [6.45, 7) is 9.98. The van der Waals surface area contributed by atoms with Gasteiger partial charge in [-0.25, -0.2) is 0 Å². The van der Waals surface area contributed by atoms with Crippen molar-refractivity contribution in [2.75, 3.05) is 32.8 Å². The highest BCUT2D eigenvalue weighted by Gasteiger charge is 2.17. The van der Waals surface area contributed by atoms with E-state index in [1.807, 2.05) is 13.8 Å². The lowest BCUT2D eigenvalue weighted by Crippen LogP contribution is -2.43. The molecule has 0 aliphatic carbocycles. The van der Waals surface area contributed by atoms with Crippen molar-refractivity contribution in [3.05, 3.63) is 0 Å². The van der Waals surface area contributed by atoms with Crippen molar-refractivity contribution in [3.63, 3.8) is 0 Å². The van der Waals surface area contributed by atoms with Gasteiger partial charge in [-0.05, 0) is 6.54 Å². The summed E-state index contributed by atoms with van der Waals surface area (Å²) in [6.07, 6.45) is 0.0497. The topological polar surface area (TPSA) is 32.7 Å². The first-order valence-electron chi connectivity index (χ1n) is 4.81. The molecule has 1 atom stereocenters. The van der Waals surface area contributed by atoms with Crippen LogP contribution in [0.3, 0.4) is 0 Å². The summed E-state index contributed by atoms with van der Waals surface area (Å²) in [5, 5.41) is 8.75. The highest BCUT2D eigenvalue weighted by molar-refractivity contribution is 4.68. The van der Waals surface area contributed by atoms with Crippen molar-refractivity contribution >= 4 is 0 Å². The summed E-state index contributed by atoms with van der Waals surface area (Å²) < 4.78 is 5.27. The van der Waals surface area contributed by atoms with Crippen LogP contribution in [0.25, 0.3) is 0 Å². The van der Waals surface area contributed by atoms with E-state index in [0.29, 0.717) is 0 Å². The van der Waals surface area contributed by atoms with Crippen molar-refractivity contribution in [2.24, 2.45) is 0 Å². The molecule has 1 fully saturated rings. The molecule has 1 saturated heterocycles. The molecule has 0 bridgehead atoms. The van der Waals surface area contributed by atoms with E-state index in [9.17, 15) is 0 Å². The molecule has 0 aromatic carbocycles. The van der Waals surface area contributed by atoms with Gasteiger partial charge >= 0.3 is 0 Å². The van der Waals surface area contributed by atoms with Gasteiger partial charge < -0.3 is 9.84 Å². The second kappa shape index (κ2) is 7.53. The monoisotopic (exact) mass is 175 g/mol. The number of likely N-dealkylation sites (N-methyl/N-ethyl adjacent to an activating group) is 1. The Labute approximate surface area is 75.3 Å². The number of morpholine rings is 1. The molecule has 1 aliphatic heterocycles. The van der Waals surface area contributed by atoms with E-state index >= 15 is 0 Å². The Bertz CT molecular complexity index is 88.5. The van der Waals surface area contributed by atoms with E-state index in [0.717, 1.165) is 26.2 Å². The molecule has 1 heterocycles. The van der Waals surface area contributed by atoms with Gasteiger partial charge in [0.15, 0.2) is 0 Å². The van der Waals surface area contributed by atoms with Crippen molar-refractivity contribution in [1.82, 2.24) is 4.90 Å². The first-order chi connectivity index (χ1) is 5.86. The second-order valence-corrected chi connectivity index (χ2v) is 2.57. The van der Waals surface area contributed by atoms with Gasteiger partial charge in [0.05, 0.1) is 19.3 Å². The zero-order valence-corrected chi connectivity index (χ0v) is 8.42. The third kappa shape index (κ3) is 4.04. The highest BCUT2D eigenvalue weighted by atomic mass is 16.5. The number of ether oxygens (including phenoxy) is 1. The molecule has 12 heavy (non-hydrogen) atoms. The van der Waals surface area contributed by atoms with Gasteiger partial charge in [-0.2, -0.15) is 0 Å². The van der Waals surface area contributed by atoms with Gasteiger partial charge in [0.2, 0.25) is 0 Å². The maximum absolute atomic E-state index is 8.75. The Morgan fingerprint density at radius 2 is 2.17 bits per heavy atom. The zero-order chi connectivity index (χ0) is 9.40. The summed E-state index contributed by atoms with van der Waals surface area (Å²) in [6, 6.07) is 0. The Morgan fingerprint density at radius 3 is 2.67 bits per heavy atom. The third-order valence-corrected chi connectivity index (χ3v) is 1.87. The molecule has 3 heteroatoms. The molecule has 1 unspecified atom stereocenters. The Hall–Kier alpha value is -0.120. The van der Waals surface area contributed by atoms with Crippen molar-refractivity contribution in [2.45, 2.75) is 26.9 Å². The summed E-state index contributed by atoms with van der Waals surface area (Å²) in [5.41, 5.74) is 0. The molecule has 3 nitrogen and oxygen atoms in total. The molecule has 0 saturated carbocycles. The first-order valence-corrected chi connectivity index (χ1v) is 4.81. The van der Waals surface area contributed by atoms with Crippen LogP contribution in [0.1, 0.15) is 20.8 Å².